The predicted molar refractivity (Wildman–Crippen MR) is 166 cm³/mol. The quantitative estimate of drug-likeness (QED) is 0.209. The Kier molecular flexibility index (Phi) is 9.18. The number of benzene rings is 3. The molecule has 1 amide bonds. The summed E-state index contributed by atoms with van der Waals surface area (Å²) >= 11 is 0. The van der Waals surface area contributed by atoms with Gasteiger partial charge in [-0.2, -0.15) is 5.26 Å². The zero-order valence-corrected chi connectivity index (χ0v) is 24.5. The standard InChI is InChI=1S/C34H34FN5O3/c1-4-42-32-18-29-28(17-30(32)39-33(41)16-23-10-12-40(3)13-11-23)34(25(19-36)20-37-29)38-27-8-9-31(22(2)14-27)43-21-24-6-5-7-26(35)15-24/h5-9,14-18,20H,4,10-13,21H2,1-3H3,(H,37,38)(H,39,41). The number of fused-ring (bicyclic) bond motifs is 1. The van der Waals surface area contributed by atoms with Crippen molar-refractivity contribution < 1.29 is 18.7 Å². The Bertz CT molecular complexity index is 1720. The van der Waals surface area contributed by atoms with Gasteiger partial charge in [0.25, 0.3) is 0 Å². The Balaban J connectivity index is 1.42. The average Bonchev–Trinajstić information content (AvgIpc) is 2.99. The summed E-state index contributed by atoms with van der Waals surface area (Å²) in [5.41, 5.74) is 5.49. The third-order valence-electron chi connectivity index (χ3n) is 7.34. The van der Waals surface area contributed by atoms with Crippen LogP contribution in [0, 0.1) is 24.1 Å². The highest BCUT2D eigenvalue weighted by Gasteiger charge is 2.17. The molecular weight excluding hydrogens is 545 g/mol. The summed E-state index contributed by atoms with van der Waals surface area (Å²) in [5, 5.41) is 17.0. The molecule has 220 valence electrons. The number of carbonyl (C=O) groups is 1. The zero-order chi connectivity index (χ0) is 30.3. The molecule has 0 unspecified atom stereocenters. The van der Waals surface area contributed by atoms with Crippen molar-refractivity contribution in [2.24, 2.45) is 0 Å². The molecule has 1 fully saturated rings. The molecule has 0 radical (unpaired) electrons. The van der Waals surface area contributed by atoms with Crippen LogP contribution in [0.2, 0.25) is 0 Å². The van der Waals surface area contributed by atoms with E-state index in [1.165, 1.54) is 18.3 Å². The van der Waals surface area contributed by atoms with Gasteiger partial charge in [-0.05, 0) is 81.3 Å². The number of likely N-dealkylation sites (tertiary alicyclic amines) is 1. The van der Waals surface area contributed by atoms with E-state index < -0.39 is 0 Å². The van der Waals surface area contributed by atoms with E-state index in [1.54, 1.807) is 24.3 Å². The number of ether oxygens (including phenoxy) is 2. The van der Waals surface area contributed by atoms with Gasteiger partial charge in [-0.1, -0.05) is 17.7 Å². The lowest BCUT2D eigenvalue weighted by Crippen LogP contribution is -2.27. The molecule has 0 atom stereocenters. The summed E-state index contributed by atoms with van der Waals surface area (Å²) in [7, 11) is 2.08. The average molecular weight is 580 g/mol. The third kappa shape index (κ3) is 7.29. The highest BCUT2D eigenvalue weighted by Crippen LogP contribution is 2.37. The summed E-state index contributed by atoms with van der Waals surface area (Å²) in [6, 6.07) is 17.7. The maximum Gasteiger partial charge on any atom is 0.248 e. The van der Waals surface area contributed by atoms with Crippen molar-refractivity contribution in [1.82, 2.24) is 9.88 Å². The molecule has 8 nitrogen and oxygen atoms in total. The fraction of sp³-hybridized carbons (Fsp3) is 0.265. The molecule has 5 rings (SSSR count). The number of aromatic nitrogens is 1. The van der Waals surface area contributed by atoms with Crippen LogP contribution in [0.4, 0.5) is 21.5 Å². The number of hydrogen-bond donors (Lipinski definition) is 2. The third-order valence-corrected chi connectivity index (χ3v) is 7.34. The van der Waals surface area contributed by atoms with Gasteiger partial charge in [0.15, 0.2) is 0 Å². The van der Waals surface area contributed by atoms with Crippen molar-refractivity contribution in [1.29, 1.82) is 5.26 Å². The minimum absolute atomic E-state index is 0.219. The van der Waals surface area contributed by atoms with Gasteiger partial charge < -0.3 is 25.0 Å². The summed E-state index contributed by atoms with van der Waals surface area (Å²) in [4.78, 5) is 19.7. The molecule has 2 heterocycles. The topological polar surface area (TPSA) is 99.5 Å². The van der Waals surface area contributed by atoms with Gasteiger partial charge in [0, 0.05) is 42.5 Å². The van der Waals surface area contributed by atoms with Crippen molar-refractivity contribution in [3.05, 3.63) is 95.0 Å². The van der Waals surface area contributed by atoms with Crippen LogP contribution in [0.1, 0.15) is 36.5 Å². The van der Waals surface area contributed by atoms with Crippen molar-refractivity contribution in [2.75, 3.05) is 37.4 Å². The molecule has 1 aromatic heterocycles. The van der Waals surface area contributed by atoms with Gasteiger partial charge in [0.05, 0.1) is 29.1 Å². The van der Waals surface area contributed by atoms with Crippen LogP contribution in [0.25, 0.3) is 10.9 Å². The normalized spacial score (nSPS) is 13.3. The van der Waals surface area contributed by atoms with E-state index in [4.69, 9.17) is 9.47 Å². The number of hydrogen-bond acceptors (Lipinski definition) is 7. The number of halogens is 1. The number of nitrogens with zero attached hydrogens (tertiary/aromatic N) is 3. The first-order chi connectivity index (χ1) is 20.8. The minimum Gasteiger partial charge on any atom is -0.492 e. The lowest BCUT2D eigenvalue weighted by atomic mass is 10.0. The Hall–Kier alpha value is -4.94. The Labute approximate surface area is 250 Å². The van der Waals surface area contributed by atoms with E-state index in [-0.39, 0.29) is 18.3 Å². The number of aryl methyl sites for hydroxylation is 1. The van der Waals surface area contributed by atoms with Gasteiger partial charge in [-0.3, -0.25) is 9.78 Å². The summed E-state index contributed by atoms with van der Waals surface area (Å²) in [5.74, 6) is 0.646. The lowest BCUT2D eigenvalue weighted by Gasteiger charge is -2.23. The van der Waals surface area contributed by atoms with Crippen molar-refractivity contribution in [3.63, 3.8) is 0 Å². The van der Waals surface area contributed by atoms with Crippen LogP contribution < -0.4 is 20.1 Å². The number of anilines is 3. The molecule has 0 spiro atoms. The van der Waals surface area contributed by atoms with Crippen LogP contribution in [0.15, 0.2) is 72.4 Å². The van der Waals surface area contributed by atoms with Gasteiger partial charge in [0.2, 0.25) is 5.91 Å². The molecule has 2 N–H and O–H groups in total. The first-order valence-electron chi connectivity index (χ1n) is 14.3. The van der Waals surface area contributed by atoms with Gasteiger partial charge >= 0.3 is 0 Å². The number of rotatable bonds is 9. The minimum atomic E-state index is -0.305. The molecule has 43 heavy (non-hydrogen) atoms. The van der Waals surface area contributed by atoms with Gasteiger partial charge in [-0.15, -0.1) is 0 Å². The van der Waals surface area contributed by atoms with Gasteiger partial charge in [0.1, 0.15) is 30.0 Å². The molecule has 0 saturated carbocycles. The fourth-order valence-corrected chi connectivity index (χ4v) is 5.04. The first-order valence-corrected chi connectivity index (χ1v) is 14.3. The maximum atomic E-state index is 13.5. The van der Waals surface area contributed by atoms with E-state index in [1.807, 2.05) is 38.1 Å². The second-order valence-electron chi connectivity index (χ2n) is 10.6. The van der Waals surface area contributed by atoms with E-state index >= 15 is 0 Å². The molecule has 4 aromatic rings. The van der Waals surface area contributed by atoms with Crippen molar-refractivity contribution >= 4 is 33.9 Å². The van der Waals surface area contributed by atoms with E-state index in [0.29, 0.717) is 45.9 Å². The second-order valence-corrected chi connectivity index (χ2v) is 10.6. The number of piperidine rings is 1. The number of carbonyl (C=O) groups excluding carboxylic acids is 1. The molecule has 1 aliphatic rings. The maximum absolute atomic E-state index is 13.5. The van der Waals surface area contributed by atoms with Gasteiger partial charge in [-0.25, -0.2) is 4.39 Å². The highest BCUT2D eigenvalue weighted by molar-refractivity contribution is 6.05. The Morgan fingerprint density at radius 3 is 2.65 bits per heavy atom. The number of nitriles is 1. The van der Waals surface area contributed by atoms with Crippen LogP contribution in [0.5, 0.6) is 11.5 Å². The highest BCUT2D eigenvalue weighted by atomic mass is 19.1. The molecule has 0 aliphatic carbocycles. The lowest BCUT2D eigenvalue weighted by molar-refractivity contribution is -0.112. The predicted octanol–water partition coefficient (Wildman–Crippen LogP) is 6.87. The Morgan fingerprint density at radius 2 is 1.93 bits per heavy atom. The molecule has 3 aromatic carbocycles. The van der Waals surface area contributed by atoms with Crippen molar-refractivity contribution in [3.8, 4) is 17.6 Å². The summed E-state index contributed by atoms with van der Waals surface area (Å²) in [6.07, 6.45) is 4.91. The largest absolute Gasteiger partial charge is 0.492 e. The SMILES string of the molecule is CCOc1cc2ncc(C#N)c(Nc3ccc(OCc4cccc(F)c4)c(C)c3)c2cc1NC(=O)C=C1CCN(C)CC1. The van der Waals surface area contributed by atoms with E-state index in [2.05, 4.69) is 33.6 Å². The number of nitrogens with one attached hydrogen (secondary N) is 2. The summed E-state index contributed by atoms with van der Waals surface area (Å²) < 4.78 is 25.3. The van der Waals surface area contributed by atoms with Crippen LogP contribution in [0.3, 0.4) is 0 Å². The first kappa shape index (κ1) is 29.5. The fourth-order valence-electron chi connectivity index (χ4n) is 5.04. The molecule has 1 aliphatic heterocycles. The monoisotopic (exact) mass is 579 g/mol. The number of pyridine rings is 1. The van der Waals surface area contributed by atoms with E-state index in [9.17, 15) is 14.4 Å². The van der Waals surface area contributed by atoms with E-state index in [0.717, 1.165) is 48.3 Å². The smallest absolute Gasteiger partial charge is 0.248 e. The molecular formula is C34H34FN5O3. The zero-order valence-electron chi connectivity index (χ0n) is 24.5. The molecule has 9 heteroatoms. The van der Waals surface area contributed by atoms with Crippen molar-refractivity contribution in [2.45, 2.75) is 33.3 Å². The van der Waals surface area contributed by atoms with Crippen LogP contribution in [-0.4, -0.2) is 42.5 Å². The van der Waals surface area contributed by atoms with Crippen LogP contribution >= 0.6 is 0 Å². The molecule has 0 bridgehead atoms. The molecule has 1 saturated heterocycles. The Morgan fingerprint density at radius 1 is 1.12 bits per heavy atom. The van der Waals surface area contributed by atoms with Crippen LogP contribution in [-0.2, 0) is 11.4 Å². The second kappa shape index (κ2) is 13.4. The number of amides is 1. The summed E-state index contributed by atoms with van der Waals surface area (Å²) in [6.45, 7) is 6.30.